The Hall–Kier alpha value is -2.29. The van der Waals surface area contributed by atoms with Crippen LogP contribution in [0.1, 0.15) is 35.3 Å². The SMILES string of the molecule is CC(C)NS(=O)(=O)c1cccc(C(=O)Nc2ccc3c(c2F)CCNC3)c1. The van der Waals surface area contributed by atoms with E-state index < -0.39 is 21.7 Å². The number of anilines is 1. The first-order valence-electron chi connectivity index (χ1n) is 8.72. The average molecular weight is 391 g/mol. The van der Waals surface area contributed by atoms with Crippen LogP contribution in [0.4, 0.5) is 10.1 Å². The summed E-state index contributed by atoms with van der Waals surface area (Å²) in [7, 11) is -3.72. The van der Waals surface area contributed by atoms with Crippen LogP contribution in [0, 0.1) is 5.82 Å². The molecule has 144 valence electrons. The van der Waals surface area contributed by atoms with Gasteiger partial charge in [0.15, 0.2) is 0 Å². The third-order valence-corrected chi connectivity index (χ3v) is 5.91. The normalized spacial score (nSPS) is 14.1. The molecule has 0 radical (unpaired) electrons. The van der Waals surface area contributed by atoms with E-state index in [9.17, 15) is 17.6 Å². The van der Waals surface area contributed by atoms with Crippen molar-refractivity contribution < 1.29 is 17.6 Å². The molecule has 0 saturated carbocycles. The van der Waals surface area contributed by atoms with E-state index in [1.165, 1.54) is 30.3 Å². The van der Waals surface area contributed by atoms with Gasteiger partial charge in [0.1, 0.15) is 5.82 Å². The van der Waals surface area contributed by atoms with E-state index in [1.54, 1.807) is 19.9 Å². The van der Waals surface area contributed by atoms with Gasteiger partial charge in [-0.1, -0.05) is 12.1 Å². The first-order valence-corrected chi connectivity index (χ1v) is 10.2. The van der Waals surface area contributed by atoms with Gasteiger partial charge in [-0.2, -0.15) is 0 Å². The van der Waals surface area contributed by atoms with Crippen LogP contribution in [0.5, 0.6) is 0 Å². The summed E-state index contributed by atoms with van der Waals surface area (Å²) < 4.78 is 41.7. The number of rotatable bonds is 5. The van der Waals surface area contributed by atoms with Crippen LogP contribution in [0.25, 0.3) is 0 Å². The zero-order chi connectivity index (χ0) is 19.6. The van der Waals surface area contributed by atoms with E-state index >= 15 is 0 Å². The second-order valence-electron chi connectivity index (χ2n) is 6.75. The van der Waals surface area contributed by atoms with Crippen LogP contribution in [-0.4, -0.2) is 26.9 Å². The van der Waals surface area contributed by atoms with Crippen LogP contribution in [-0.2, 0) is 23.0 Å². The number of hydrogen-bond donors (Lipinski definition) is 3. The lowest BCUT2D eigenvalue weighted by Gasteiger charge is -2.19. The molecule has 0 bridgehead atoms. The molecule has 2 aromatic carbocycles. The van der Waals surface area contributed by atoms with Crippen molar-refractivity contribution in [1.82, 2.24) is 10.0 Å². The summed E-state index contributed by atoms with van der Waals surface area (Å²) in [5, 5.41) is 5.72. The fraction of sp³-hybridized carbons (Fsp3) is 0.316. The van der Waals surface area contributed by atoms with Gasteiger partial charge in [-0.3, -0.25) is 4.79 Å². The second kappa shape index (κ2) is 7.75. The van der Waals surface area contributed by atoms with Gasteiger partial charge >= 0.3 is 0 Å². The second-order valence-corrected chi connectivity index (χ2v) is 8.46. The van der Waals surface area contributed by atoms with Gasteiger partial charge in [-0.25, -0.2) is 17.5 Å². The maximum Gasteiger partial charge on any atom is 0.255 e. The van der Waals surface area contributed by atoms with Crippen LogP contribution >= 0.6 is 0 Å². The van der Waals surface area contributed by atoms with Gasteiger partial charge < -0.3 is 10.6 Å². The highest BCUT2D eigenvalue weighted by atomic mass is 32.2. The van der Waals surface area contributed by atoms with Gasteiger partial charge in [-0.05, 0) is 62.2 Å². The molecule has 2 aromatic rings. The number of amides is 1. The Morgan fingerprint density at radius 3 is 2.74 bits per heavy atom. The van der Waals surface area contributed by atoms with Crippen molar-refractivity contribution in [2.75, 3.05) is 11.9 Å². The molecule has 3 rings (SSSR count). The molecule has 1 aliphatic rings. The number of nitrogens with one attached hydrogen (secondary N) is 3. The Bertz CT molecular complexity index is 974. The Kier molecular flexibility index (Phi) is 5.59. The highest BCUT2D eigenvalue weighted by Crippen LogP contribution is 2.25. The van der Waals surface area contributed by atoms with Crippen molar-refractivity contribution in [1.29, 1.82) is 0 Å². The number of benzene rings is 2. The minimum absolute atomic E-state index is 0.0131. The molecule has 0 fully saturated rings. The van der Waals surface area contributed by atoms with E-state index in [4.69, 9.17) is 0 Å². The number of halogens is 1. The van der Waals surface area contributed by atoms with Gasteiger partial charge in [0, 0.05) is 18.2 Å². The molecule has 8 heteroatoms. The minimum atomic E-state index is -3.72. The highest BCUT2D eigenvalue weighted by Gasteiger charge is 2.20. The third-order valence-electron chi connectivity index (χ3n) is 4.25. The number of carbonyl (C=O) groups excluding carboxylic acids is 1. The Balaban J connectivity index is 1.84. The van der Waals surface area contributed by atoms with Gasteiger partial charge in [-0.15, -0.1) is 0 Å². The van der Waals surface area contributed by atoms with Gasteiger partial charge in [0.05, 0.1) is 10.6 Å². The van der Waals surface area contributed by atoms with Crippen molar-refractivity contribution in [2.24, 2.45) is 0 Å². The minimum Gasteiger partial charge on any atom is -0.319 e. The van der Waals surface area contributed by atoms with E-state index in [2.05, 4.69) is 15.4 Å². The molecule has 6 nitrogen and oxygen atoms in total. The zero-order valence-corrected chi connectivity index (χ0v) is 16.0. The predicted molar refractivity (Wildman–Crippen MR) is 102 cm³/mol. The van der Waals surface area contributed by atoms with Crippen LogP contribution in [0.3, 0.4) is 0 Å². The molecule has 3 N–H and O–H groups in total. The first kappa shape index (κ1) is 19.5. The molecule has 0 unspecified atom stereocenters. The fourth-order valence-corrected chi connectivity index (χ4v) is 4.30. The summed E-state index contributed by atoms with van der Waals surface area (Å²) in [6.07, 6.45) is 0.555. The molecule has 27 heavy (non-hydrogen) atoms. The monoisotopic (exact) mass is 391 g/mol. The quantitative estimate of drug-likeness (QED) is 0.731. The molecule has 0 saturated heterocycles. The number of carbonyl (C=O) groups is 1. The number of hydrogen-bond acceptors (Lipinski definition) is 4. The van der Waals surface area contributed by atoms with Crippen LogP contribution in [0.2, 0.25) is 0 Å². The largest absolute Gasteiger partial charge is 0.319 e. The number of fused-ring (bicyclic) bond motifs is 1. The van der Waals surface area contributed by atoms with E-state index in [0.29, 0.717) is 25.1 Å². The van der Waals surface area contributed by atoms with E-state index in [1.807, 2.05) is 0 Å². The molecular weight excluding hydrogens is 369 g/mol. The van der Waals surface area contributed by atoms with Crippen LogP contribution < -0.4 is 15.4 Å². The average Bonchev–Trinajstić information content (AvgIpc) is 2.63. The topological polar surface area (TPSA) is 87.3 Å². The molecule has 1 heterocycles. The molecule has 1 amide bonds. The molecule has 0 aliphatic carbocycles. The molecule has 0 atom stereocenters. The smallest absolute Gasteiger partial charge is 0.255 e. The van der Waals surface area contributed by atoms with Crippen molar-refractivity contribution in [3.63, 3.8) is 0 Å². The molecule has 1 aliphatic heterocycles. The van der Waals surface area contributed by atoms with E-state index in [0.717, 1.165) is 5.56 Å². The lowest BCUT2D eigenvalue weighted by molar-refractivity contribution is 0.102. The van der Waals surface area contributed by atoms with Gasteiger partial charge in [0.25, 0.3) is 5.91 Å². The summed E-state index contributed by atoms with van der Waals surface area (Å²) in [6, 6.07) is 8.70. The summed E-state index contributed by atoms with van der Waals surface area (Å²) in [5.74, 6) is -1.00. The van der Waals surface area contributed by atoms with Gasteiger partial charge in [0.2, 0.25) is 10.0 Å². The molecule has 0 aromatic heterocycles. The summed E-state index contributed by atoms with van der Waals surface area (Å²) in [6.45, 7) is 4.71. The lowest BCUT2D eigenvalue weighted by Crippen LogP contribution is -2.30. The van der Waals surface area contributed by atoms with Crippen LogP contribution in [0.15, 0.2) is 41.3 Å². The third kappa shape index (κ3) is 4.35. The summed E-state index contributed by atoms with van der Waals surface area (Å²) in [4.78, 5) is 12.5. The maximum absolute atomic E-state index is 14.7. The lowest BCUT2D eigenvalue weighted by atomic mass is 9.99. The van der Waals surface area contributed by atoms with Crippen molar-refractivity contribution >= 4 is 21.6 Å². The number of sulfonamides is 1. The Labute approximate surface area is 158 Å². The maximum atomic E-state index is 14.7. The molecular formula is C19H22FN3O3S. The summed E-state index contributed by atoms with van der Waals surface area (Å²) >= 11 is 0. The molecule has 0 spiro atoms. The van der Waals surface area contributed by atoms with Crippen molar-refractivity contribution in [2.45, 2.75) is 37.8 Å². The fourth-order valence-electron chi connectivity index (χ4n) is 3.01. The highest BCUT2D eigenvalue weighted by molar-refractivity contribution is 7.89. The standard InChI is InChI=1S/C19H22FN3O3S/c1-12(2)23-27(25,26)15-5-3-4-13(10-15)19(24)22-17-7-6-14-11-21-9-8-16(14)18(17)20/h3-7,10,12,21,23H,8-9,11H2,1-2H3,(H,22,24). The summed E-state index contributed by atoms with van der Waals surface area (Å²) in [5.41, 5.74) is 1.71. The predicted octanol–water partition coefficient (Wildman–Crippen LogP) is 2.41. The van der Waals surface area contributed by atoms with Crippen molar-refractivity contribution in [3.8, 4) is 0 Å². The Morgan fingerprint density at radius 2 is 2.00 bits per heavy atom. The Morgan fingerprint density at radius 1 is 1.22 bits per heavy atom. The first-order chi connectivity index (χ1) is 12.8. The zero-order valence-electron chi connectivity index (χ0n) is 15.2. The van der Waals surface area contributed by atoms with E-state index in [-0.39, 0.29) is 22.2 Å². The van der Waals surface area contributed by atoms with Crippen molar-refractivity contribution in [3.05, 3.63) is 58.9 Å².